The number of aliphatic hydroxyl groups excluding tert-OH is 2. The predicted octanol–water partition coefficient (Wildman–Crippen LogP) is 2.06. The Labute approximate surface area is 137 Å². The van der Waals surface area contributed by atoms with E-state index in [2.05, 4.69) is 10.6 Å². The Balaban J connectivity index is 1.79. The van der Waals surface area contributed by atoms with Gasteiger partial charge in [-0.2, -0.15) is 0 Å². The van der Waals surface area contributed by atoms with Gasteiger partial charge in [-0.05, 0) is 31.5 Å². The van der Waals surface area contributed by atoms with Crippen LogP contribution in [0.5, 0.6) is 0 Å². The molecule has 0 fully saturated rings. The summed E-state index contributed by atoms with van der Waals surface area (Å²) >= 11 is 0. The monoisotopic (exact) mass is 318 g/mol. The van der Waals surface area contributed by atoms with Crippen LogP contribution in [0.15, 0.2) is 40.8 Å². The van der Waals surface area contributed by atoms with Crippen LogP contribution in [0, 0.1) is 0 Å². The van der Waals surface area contributed by atoms with Gasteiger partial charge in [0, 0.05) is 25.2 Å². The van der Waals surface area contributed by atoms with E-state index >= 15 is 0 Å². The lowest BCUT2D eigenvalue weighted by Crippen LogP contribution is -2.31. The average molecular weight is 318 g/mol. The molecule has 0 bridgehead atoms. The van der Waals surface area contributed by atoms with E-state index in [0.717, 1.165) is 35.7 Å². The maximum absolute atomic E-state index is 9.53. The highest BCUT2D eigenvalue weighted by molar-refractivity contribution is 5.58. The molecule has 5 heteroatoms. The molecule has 0 radical (unpaired) electrons. The van der Waals surface area contributed by atoms with Gasteiger partial charge >= 0.3 is 0 Å². The van der Waals surface area contributed by atoms with Crippen molar-refractivity contribution in [3.05, 3.63) is 47.7 Å². The highest BCUT2D eigenvalue weighted by atomic mass is 16.3. The fourth-order valence-electron chi connectivity index (χ4n) is 2.25. The first-order chi connectivity index (χ1) is 11.1. The van der Waals surface area contributed by atoms with Crippen LogP contribution in [0.3, 0.4) is 0 Å². The molecule has 0 saturated heterocycles. The molecular formula is C18H26N2O3. The quantitative estimate of drug-likeness (QED) is 0.532. The van der Waals surface area contributed by atoms with Crippen molar-refractivity contribution in [3.8, 4) is 11.3 Å². The van der Waals surface area contributed by atoms with Crippen molar-refractivity contribution in [1.29, 1.82) is 0 Å². The van der Waals surface area contributed by atoms with Crippen LogP contribution in [-0.4, -0.2) is 36.0 Å². The molecule has 2 aromatic rings. The first kappa shape index (κ1) is 17.7. The minimum Gasteiger partial charge on any atom is -0.460 e. The number of hydrogen-bond acceptors (Lipinski definition) is 5. The Morgan fingerprint density at radius 3 is 2.30 bits per heavy atom. The number of benzene rings is 1. The summed E-state index contributed by atoms with van der Waals surface area (Å²) in [6, 6.07) is 11.7. The van der Waals surface area contributed by atoms with Crippen molar-refractivity contribution >= 4 is 0 Å². The van der Waals surface area contributed by atoms with E-state index in [1.807, 2.05) is 36.4 Å². The van der Waals surface area contributed by atoms with Gasteiger partial charge < -0.3 is 25.3 Å². The average Bonchev–Trinajstić information content (AvgIpc) is 2.99. The van der Waals surface area contributed by atoms with Gasteiger partial charge in [0.05, 0.1) is 18.8 Å². The Morgan fingerprint density at radius 2 is 1.65 bits per heavy atom. The maximum Gasteiger partial charge on any atom is 0.134 e. The first-order valence-electron chi connectivity index (χ1n) is 8.03. The molecule has 0 amide bonds. The minimum absolute atomic E-state index is 0.317. The van der Waals surface area contributed by atoms with E-state index in [9.17, 15) is 5.11 Å². The Bertz CT molecular complexity index is 576. The summed E-state index contributed by atoms with van der Waals surface area (Å²) < 4.78 is 5.83. The van der Waals surface area contributed by atoms with Crippen molar-refractivity contribution in [2.45, 2.75) is 32.6 Å². The molecule has 0 spiro atoms. The summed E-state index contributed by atoms with van der Waals surface area (Å²) in [5.74, 6) is 1.71. The molecule has 23 heavy (non-hydrogen) atoms. The first-order valence-corrected chi connectivity index (χ1v) is 8.03. The van der Waals surface area contributed by atoms with E-state index in [-0.39, 0.29) is 6.10 Å². The van der Waals surface area contributed by atoms with Crippen molar-refractivity contribution in [3.63, 3.8) is 0 Å². The third-order valence-corrected chi connectivity index (χ3v) is 3.56. The Kier molecular flexibility index (Phi) is 6.80. The fourth-order valence-corrected chi connectivity index (χ4v) is 2.25. The lowest BCUT2D eigenvalue weighted by molar-refractivity contribution is 0.191. The maximum atomic E-state index is 9.53. The lowest BCUT2D eigenvalue weighted by atomic mass is 10.1. The lowest BCUT2D eigenvalue weighted by Gasteiger charge is -2.07. The van der Waals surface area contributed by atoms with Gasteiger partial charge in [-0.15, -0.1) is 0 Å². The summed E-state index contributed by atoms with van der Waals surface area (Å²) in [5, 5.41) is 25.1. The van der Waals surface area contributed by atoms with Gasteiger partial charge in [-0.25, -0.2) is 0 Å². The van der Waals surface area contributed by atoms with Crippen molar-refractivity contribution in [2.24, 2.45) is 0 Å². The van der Waals surface area contributed by atoms with Crippen LogP contribution in [0.1, 0.15) is 31.3 Å². The molecule has 0 saturated carbocycles. The molecular weight excluding hydrogens is 292 g/mol. The number of hydrogen-bond donors (Lipinski definition) is 4. The third-order valence-electron chi connectivity index (χ3n) is 3.56. The van der Waals surface area contributed by atoms with Crippen molar-refractivity contribution in [2.75, 3.05) is 19.6 Å². The normalized spacial score (nSPS) is 13.9. The van der Waals surface area contributed by atoms with Crippen molar-refractivity contribution < 1.29 is 14.6 Å². The fraction of sp³-hybridized carbons (Fsp3) is 0.444. The van der Waals surface area contributed by atoms with Crippen LogP contribution in [0.4, 0.5) is 0 Å². The molecule has 0 aliphatic carbocycles. The van der Waals surface area contributed by atoms with Gasteiger partial charge in [0.2, 0.25) is 0 Å². The summed E-state index contributed by atoms with van der Waals surface area (Å²) in [6.45, 7) is 6.41. The number of aliphatic hydroxyl groups is 2. The van der Waals surface area contributed by atoms with Crippen LogP contribution in [0.2, 0.25) is 0 Å². The standard InChI is InChI=1S/C18H26N2O3/c1-13(21)11-19-9-10-20-12-17-7-8-18(23-17)16-5-3-15(4-6-16)14(2)22/h3-8,13-14,19-22H,9-12H2,1-2H3. The zero-order chi connectivity index (χ0) is 16.7. The van der Waals surface area contributed by atoms with E-state index in [1.165, 1.54) is 0 Å². The van der Waals surface area contributed by atoms with Gasteiger partial charge in [-0.1, -0.05) is 24.3 Å². The number of rotatable bonds is 9. The van der Waals surface area contributed by atoms with Gasteiger partial charge in [0.25, 0.3) is 0 Å². The number of nitrogens with one attached hydrogen (secondary N) is 2. The van der Waals surface area contributed by atoms with E-state index in [1.54, 1.807) is 13.8 Å². The topological polar surface area (TPSA) is 77.7 Å². The molecule has 2 unspecified atom stereocenters. The van der Waals surface area contributed by atoms with Crippen LogP contribution >= 0.6 is 0 Å². The summed E-state index contributed by atoms with van der Waals surface area (Å²) in [5.41, 5.74) is 1.89. The third kappa shape index (κ3) is 5.80. The van der Waals surface area contributed by atoms with Crippen LogP contribution in [0.25, 0.3) is 11.3 Å². The van der Waals surface area contributed by atoms with E-state index in [4.69, 9.17) is 9.52 Å². The van der Waals surface area contributed by atoms with E-state index < -0.39 is 6.10 Å². The molecule has 1 heterocycles. The molecule has 0 aliphatic rings. The molecule has 2 rings (SSSR count). The molecule has 0 aliphatic heterocycles. The van der Waals surface area contributed by atoms with Gasteiger partial charge in [-0.3, -0.25) is 0 Å². The zero-order valence-electron chi connectivity index (χ0n) is 13.7. The zero-order valence-corrected chi connectivity index (χ0v) is 13.7. The van der Waals surface area contributed by atoms with Crippen LogP contribution in [-0.2, 0) is 6.54 Å². The van der Waals surface area contributed by atoms with Crippen LogP contribution < -0.4 is 10.6 Å². The largest absolute Gasteiger partial charge is 0.460 e. The minimum atomic E-state index is -0.456. The number of furan rings is 1. The molecule has 4 N–H and O–H groups in total. The SMILES string of the molecule is CC(O)CNCCNCc1ccc(-c2ccc(C(C)O)cc2)o1. The second-order valence-corrected chi connectivity index (χ2v) is 5.79. The molecule has 5 nitrogen and oxygen atoms in total. The smallest absolute Gasteiger partial charge is 0.134 e. The Hall–Kier alpha value is -1.66. The second kappa shape index (κ2) is 8.84. The molecule has 1 aromatic carbocycles. The molecule has 1 aromatic heterocycles. The highest BCUT2D eigenvalue weighted by Gasteiger charge is 2.06. The van der Waals surface area contributed by atoms with Gasteiger partial charge in [0.15, 0.2) is 0 Å². The second-order valence-electron chi connectivity index (χ2n) is 5.79. The van der Waals surface area contributed by atoms with Gasteiger partial charge in [0.1, 0.15) is 11.5 Å². The Morgan fingerprint density at radius 1 is 0.957 bits per heavy atom. The predicted molar refractivity (Wildman–Crippen MR) is 91.0 cm³/mol. The molecule has 2 atom stereocenters. The summed E-state index contributed by atoms with van der Waals surface area (Å²) in [7, 11) is 0. The molecule has 126 valence electrons. The summed E-state index contributed by atoms with van der Waals surface area (Å²) in [6.07, 6.45) is -0.773. The van der Waals surface area contributed by atoms with E-state index in [0.29, 0.717) is 13.1 Å². The summed E-state index contributed by atoms with van der Waals surface area (Å²) in [4.78, 5) is 0. The highest BCUT2D eigenvalue weighted by Crippen LogP contribution is 2.24. The van der Waals surface area contributed by atoms with Crippen molar-refractivity contribution in [1.82, 2.24) is 10.6 Å².